The second kappa shape index (κ2) is 9.32. The fourth-order valence-electron chi connectivity index (χ4n) is 3.33. The van der Waals surface area contributed by atoms with Crippen LogP contribution >= 0.6 is 0 Å². The molecule has 3 aromatic rings. The standard InChI is InChI=1S/C25H29N5/c1-5-21-16-23(6-2)30(29-21)24-15-17(3)20(14-18(24)4)8-7-13-28-22-11-9-19(10-12-22)25(26)27/h9-12,14-16,28H,5-6,13H2,1-4H3,(H3,26,27). The summed E-state index contributed by atoms with van der Waals surface area (Å²) in [6, 6.07) is 14.0. The van der Waals surface area contributed by atoms with E-state index in [1.807, 2.05) is 24.3 Å². The Labute approximate surface area is 178 Å². The summed E-state index contributed by atoms with van der Waals surface area (Å²) in [5, 5.41) is 15.5. The molecule has 0 spiro atoms. The van der Waals surface area contributed by atoms with Crippen molar-refractivity contribution in [2.45, 2.75) is 40.5 Å². The minimum absolute atomic E-state index is 0.0720. The van der Waals surface area contributed by atoms with Crippen molar-refractivity contribution in [1.82, 2.24) is 9.78 Å². The molecule has 5 heteroatoms. The molecule has 0 atom stereocenters. The summed E-state index contributed by atoms with van der Waals surface area (Å²) in [7, 11) is 0. The Kier molecular flexibility index (Phi) is 6.58. The number of nitrogens with one attached hydrogen (secondary N) is 2. The maximum absolute atomic E-state index is 7.44. The smallest absolute Gasteiger partial charge is 0.122 e. The van der Waals surface area contributed by atoms with Crippen LogP contribution in [0.15, 0.2) is 42.5 Å². The quantitative estimate of drug-likeness (QED) is 0.327. The molecule has 154 valence electrons. The van der Waals surface area contributed by atoms with E-state index in [0.29, 0.717) is 12.1 Å². The maximum Gasteiger partial charge on any atom is 0.122 e. The van der Waals surface area contributed by atoms with Gasteiger partial charge in [0, 0.05) is 22.5 Å². The van der Waals surface area contributed by atoms with Crippen molar-refractivity contribution in [2.24, 2.45) is 5.73 Å². The van der Waals surface area contributed by atoms with E-state index in [4.69, 9.17) is 16.2 Å². The number of nitrogen functional groups attached to an aromatic ring is 1. The van der Waals surface area contributed by atoms with Crippen molar-refractivity contribution in [2.75, 3.05) is 11.9 Å². The number of nitrogens with two attached hydrogens (primary N) is 1. The normalized spacial score (nSPS) is 10.4. The molecule has 0 amide bonds. The van der Waals surface area contributed by atoms with Gasteiger partial charge in [-0.15, -0.1) is 0 Å². The molecule has 1 aromatic heterocycles. The lowest BCUT2D eigenvalue weighted by Gasteiger charge is -2.12. The Hall–Kier alpha value is -3.52. The van der Waals surface area contributed by atoms with Gasteiger partial charge in [-0.3, -0.25) is 5.41 Å². The average Bonchev–Trinajstić information content (AvgIpc) is 3.17. The van der Waals surface area contributed by atoms with E-state index in [9.17, 15) is 0 Å². The molecule has 5 nitrogen and oxygen atoms in total. The Bertz CT molecular complexity index is 1110. The SMILES string of the molecule is CCc1cc(CC)n(-c2cc(C)c(C#CCNc3ccc(C(=N)N)cc3)cc2C)n1. The zero-order valence-electron chi connectivity index (χ0n) is 18.1. The molecule has 0 aliphatic heterocycles. The van der Waals surface area contributed by atoms with E-state index < -0.39 is 0 Å². The summed E-state index contributed by atoms with van der Waals surface area (Å²) in [5.74, 6) is 6.55. The summed E-state index contributed by atoms with van der Waals surface area (Å²) >= 11 is 0. The van der Waals surface area contributed by atoms with Crippen LogP contribution in [0.4, 0.5) is 5.69 Å². The van der Waals surface area contributed by atoms with Gasteiger partial charge in [0.2, 0.25) is 0 Å². The lowest BCUT2D eigenvalue weighted by Crippen LogP contribution is -2.10. The van der Waals surface area contributed by atoms with Gasteiger partial charge in [-0.25, -0.2) is 4.68 Å². The Morgan fingerprint density at radius 3 is 2.43 bits per heavy atom. The highest BCUT2D eigenvalue weighted by molar-refractivity contribution is 5.95. The fourth-order valence-corrected chi connectivity index (χ4v) is 3.33. The van der Waals surface area contributed by atoms with Gasteiger partial charge in [0.05, 0.1) is 17.9 Å². The molecule has 0 saturated carbocycles. The second-order valence-electron chi connectivity index (χ2n) is 7.35. The summed E-state index contributed by atoms with van der Waals surface area (Å²) in [5.41, 5.74) is 14.0. The highest BCUT2D eigenvalue weighted by atomic mass is 15.3. The highest BCUT2D eigenvalue weighted by Gasteiger charge is 2.11. The summed E-state index contributed by atoms with van der Waals surface area (Å²) in [6.07, 6.45) is 1.89. The van der Waals surface area contributed by atoms with Crippen LogP contribution in [0, 0.1) is 31.1 Å². The van der Waals surface area contributed by atoms with Crippen molar-refractivity contribution in [3.05, 3.63) is 76.1 Å². The van der Waals surface area contributed by atoms with Crippen molar-refractivity contribution >= 4 is 11.5 Å². The molecule has 0 fully saturated rings. The Balaban J connectivity index is 1.75. The molecule has 0 bridgehead atoms. The largest absolute Gasteiger partial charge is 0.384 e. The lowest BCUT2D eigenvalue weighted by atomic mass is 10.0. The fraction of sp³-hybridized carbons (Fsp3) is 0.280. The topological polar surface area (TPSA) is 79.7 Å². The van der Waals surface area contributed by atoms with Gasteiger partial charge in [-0.05, 0) is 80.3 Å². The molecule has 0 radical (unpaired) electrons. The maximum atomic E-state index is 7.44. The van der Waals surface area contributed by atoms with Crippen LogP contribution in [-0.2, 0) is 12.8 Å². The van der Waals surface area contributed by atoms with E-state index in [1.54, 1.807) is 0 Å². The second-order valence-corrected chi connectivity index (χ2v) is 7.35. The highest BCUT2D eigenvalue weighted by Crippen LogP contribution is 2.22. The number of nitrogens with zero attached hydrogens (tertiary/aromatic N) is 2. The van der Waals surface area contributed by atoms with Crippen LogP contribution in [0.25, 0.3) is 5.69 Å². The van der Waals surface area contributed by atoms with E-state index in [1.165, 1.54) is 5.69 Å². The molecule has 3 rings (SSSR count). The first kappa shape index (κ1) is 21.2. The van der Waals surface area contributed by atoms with Gasteiger partial charge in [-0.1, -0.05) is 25.7 Å². The molecule has 0 saturated heterocycles. The van der Waals surface area contributed by atoms with Gasteiger partial charge in [0.1, 0.15) is 5.84 Å². The first-order valence-electron chi connectivity index (χ1n) is 10.3. The average molecular weight is 400 g/mol. The molecular formula is C25H29N5. The third-order valence-corrected chi connectivity index (χ3v) is 5.13. The number of hydrogen-bond acceptors (Lipinski definition) is 3. The van der Waals surface area contributed by atoms with Crippen molar-refractivity contribution in [3.8, 4) is 17.5 Å². The number of aromatic nitrogens is 2. The zero-order chi connectivity index (χ0) is 21.7. The Morgan fingerprint density at radius 2 is 1.80 bits per heavy atom. The molecule has 4 N–H and O–H groups in total. The number of rotatable bonds is 6. The van der Waals surface area contributed by atoms with E-state index in [2.05, 4.69) is 67.7 Å². The van der Waals surface area contributed by atoms with Gasteiger partial charge in [0.25, 0.3) is 0 Å². The first-order valence-corrected chi connectivity index (χ1v) is 10.3. The van der Waals surface area contributed by atoms with Crippen LogP contribution in [0.3, 0.4) is 0 Å². The molecule has 2 aromatic carbocycles. The Morgan fingerprint density at radius 1 is 1.07 bits per heavy atom. The molecule has 1 heterocycles. The molecule has 0 aliphatic rings. The van der Waals surface area contributed by atoms with Gasteiger partial charge < -0.3 is 11.1 Å². The molecular weight excluding hydrogens is 370 g/mol. The van der Waals surface area contributed by atoms with E-state index >= 15 is 0 Å². The predicted molar refractivity (Wildman–Crippen MR) is 125 cm³/mol. The number of anilines is 1. The summed E-state index contributed by atoms with van der Waals surface area (Å²) in [6.45, 7) is 9.04. The first-order chi connectivity index (χ1) is 14.4. The molecule has 30 heavy (non-hydrogen) atoms. The number of amidine groups is 1. The van der Waals surface area contributed by atoms with E-state index in [0.717, 1.165) is 46.6 Å². The minimum Gasteiger partial charge on any atom is -0.384 e. The molecule has 0 aliphatic carbocycles. The number of hydrogen-bond donors (Lipinski definition) is 3. The van der Waals surface area contributed by atoms with Gasteiger partial charge in [0.15, 0.2) is 0 Å². The van der Waals surface area contributed by atoms with Crippen molar-refractivity contribution in [3.63, 3.8) is 0 Å². The van der Waals surface area contributed by atoms with Crippen molar-refractivity contribution < 1.29 is 0 Å². The van der Waals surface area contributed by atoms with Crippen LogP contribution in [0.1, 0.15) is 47.5 Å². The van der Waals surface area contributed by atoms with Crippen LogP contribution in [0.2, 0.25) is 0 Å². The lowest BCUT2D eigenvalue weighted by molar-refractivity contribution is 0.788. The van der Waals surface area contributed by atoms with Gasteiger partial charge in [-0.2, -0.15) is 5.10 Å². The van der Waals surface area contributed by atoms with E-state index in [-0.39, 0.29) is 5.84 Å². The van der Waals surface area contributed by atoms with Crippen LogP contribution in [-0.4, -0.2) is 22.2 Å². The van der Waals surface area contributed by atoms with Gasteiger partial charge >= 0.3 is 0 Å². The monoisotopic (exact) mass is 399 g/mol. The molecule has 0 unspecified atom stereocenters. The zero-order valence-corrected chi connectivity index (χ0v) is 18.1. The number of aryl methyl sites for hydroxylation is 4. The minimum atomic E-state index is 0.0720. The van der Waals surface area contributed by atoms with Crippen LogP contribution in [0.5, 0.6) is 0 Å². The summed E-state index contributed by atoms with van der Waals surface area (Å²) in [4.78, 5) is 0. The third kappa shape index (κ3) is 4.72. The van der Waals surface area contributed by atoms with Crippen molar-refractivity contribution in [1.29, 1.82) is 5.41 Å². The number of benzene rings is 2. The van der Waals surface area contributed by atoms with Crippen LogP contribution < -0.4 is 11.1 Å². The third-order valence-electron chi connectivity index (χ3n) is 5.13. The summed E-state index contributed by atoms with van der Waals surface area (Å²) < 4.78 is 2.07. The predicted octanol–water partition coefficient (Wildman–Crippen LogP) is 4.36.